The molecule has 0 aliphatic carbocycles. The van der Waals surface area contributed by atoms with Crippen LogP contribution in [0.25, 0.3) is 44.3 Å². The molecule has 3 aromatic heterocycles. The molecule has 0 N–H and O–H groups in total. The molecular formula is C48H39N4Pt-. The molecule has 262 valence electrons. The number of benzene rings is 6. The van der Waals surface area contributed by atoms with Gasteiger partial charge in [0.05, 0.1) is 0 Å². The van der Waals surface area contributed by atoms with Crippen LogP contribution in [0, 0.1) is 12.1 Å². The molecule has 0 aliphatic rings. The quantitative estimate of drug-likeness (QED) is 0.121. The first-order valence-electron chi connectivity index (χ1n) is 17.9. The number of pyridine rings is 1. The molecule has 0 spiro atoms. The number of aryl methyl sites for hydroxylation is 1. The van der Waals surface area contributed by atoms with E-state index < -0.39 is 5.41 Å². The van der Waals surface area contributed by atoms with Crippen LogP contribution in [-0.2, 0) is 38.9 Å². The number of fused-ring (bicyclic) bond motifs is 4. The topological polar surface area (TPSA) is 27.7 Å². The molecule has 0 radical (unpaired) electrons. The summed E-state index contributed by atoms with van der Waals surface area (Å²) in [6.45, 7) is 6.74. The summed E-state index contributed by atoms with van der Waals surface area (Å²) in [5.41, 5.74) is 10.2. The van der Waals surface area contributed by atoms with Gasteiger partial charge >= 0.3 is 0 Å². The number of rotatable bonds is 6. The molecule has 0 aliphatic heterocycles. The van der Waals surface area contributed by atoms with E-state index in [1.54, 1.807) is 0 Å². The Kier molecular flexibility index (Phi) is 8.75. The van der Waals surface area contributed by atoms with Crippen molar-refractivity contribution in [2.45, 2.75) is 31.6 Å². The van der Waals surface area contributed by atoms with E-state index in [2.05, 4.69) is 212 Å². The second-order valence-corrected chi connectivity index (χ2v) is 14.7. The van der Waals surface area contributed by atoms with Gasteiger partial charge < -0.3 is 4.57 Å². The average Bonchev–Trinajstić information content (AvgIpc) is 3.70. The SMILES string of the molecule is Cn1[cH+]n(-c2[c-]c(C(c3[c-]c4c(cc3)c3ccccc3n4-c3cc(C(C)(C)C)ccn3)(c3ccccc3)c3ccccc3)ccc2)c2ccccc21.[Pt]. The van der Waals surface area contributed by atoms with Crippen LogP contribution in [0.15, 0.2) is 164 Å². The Bertz CT molecular complexity index is 2700. The van der Waals surface area contributed by atoms with Gasteiger partial charge in [-0.25, -0.2) is 14.1 Å². The molecular weight excluding hydrogens is 828 g/mol. The Hall–Kier alpha value is -5.57. The van der Waals surface area contributed by atoms with Crippen molar-refractivity contribution in [2.24, 2.45) is 7.05 Å². The van der Waals surface area contributed by atoms with Crippen molar-refractivity contribution in [1.82, 2.24) is 18.7 Å². The van der Waals surface area contributed by atoms with Crippen molar-refractivity contribution in [3.8, 4) is 11.5 Å². The summed E-state index contributed by atoms with van der Waals surface area (Å²) >= 11 is 0. The number of aromatic nitrogens is 4. The normalized spacial score (nSPS) is 12.0. The van der Waals surface area contributed by atoms with Crippen LogP contribution in [-0.4, -0.2) is 18.7 Å². The fourth-order valence-corrected chi connectivity index (χ4v) is 7.94. The second-order valence-electron chi connectivity index (χ2n) is 14.7. The zero-order chi connectivity index (χ0) is 35.5. The third kappa shape index (κ3) is 5.64. The molecule has 9 rings (SSSR count). The Morgan fingerprint density at radius 3 is 1.89 bits per heavy atom. The summed E-state index contributed by atoms with van der Waals surface area (Å²) in [6.07, 6.45) is 4.08. The van der Waals surface area contributed by atoms with Crippen LogP contribution in [0.2, 0.25) is 0 Å². The predicted octanol–water partition coefficient (Wildman–Crippen LogP) is 11.0. The van der Waals surface area contributed by atoms with Gasteiger partial charge in [0.25, 0.3) is 0 Å². The number of hydrogen-bond acceptors (Lipinski definition) is 1. The largest absolute Gasteiger partial charge is 0.319 e. The molecule has 0 unspecified atom stereocenters. The van der Waals surface area contributed by atoms with Crippen molar-refractivity contribution < 1.29 is 21.1 Å². The molecule has 0 saturated carbocycles. The number of nitrogens with zero attached hydrogens (tertiary/aromatic N) is 4. The summed E-state index contributed by atoms with van der Waals surface area (Å²) in [5.74, 6) is 0.887. The Balaban J connectivity index is 0.00000400. The summed E-state index contributed by atoms with van der Waals surface area (Å²) in [4.78, 5) is 4.97. The molecule has 6 aromatic carbocycles. The standard InChI is InChI=1S/C48H39N4.Pt/c1-47(2,3)36-28-29-49-46(32-36)52-42-23-12-11-22-40(42)41-27-26-38(31-45(41)52)48(34-16-7-5-8-17-34,35-18-9-6-10-19-35)37-20-15-21-39(30-37)51-33-50(4)43-24-13-14-25-44(43)51;/h5-29,32-33H,1-4H3;/q-1;. The first kappa shape index (κ1) is 34.5. The van der Waals surface area contributed by atoms with Crippen molar-refractivity contribution in [2.75, 3.05) is 0 Å². The molecule has 0 saturated heterocycles. The molecule has 9 aromatic rings. The minimum absolute atomic E-state index is 0. The molecule has 0 bridgehead atoms. The number of para-hydroxylation sites is 3. The van der Waals surface area contributed by atoms with Gasteiger partial charge in [0.1, 0.15) is 5.82 Å². The zero-order valence-corrected chi connectivity index (χ0v) is 32.5. The zero-order valence-electron chi connectivity index (χ0n) is 30.2. The van der Waals surface area contributed by atoms with E-state index in [1.807, 2.05) is 6.20 Å². The maximum Gasteiger partial charge on any atom is 0.188 e. The average molecular weight is 867 g/mol. The minimum Gasteiger partial charge on any atom is -0.319 e. The number of hydrogen-bond donors (Lipinski definition) is 0. The van der Waals surface area contributed by atoms with Crippen LogP contribution in [0.4, 0.5) is 0 Å². The molecule has 0 atom stereocenters. The number of imidazole rings is 1. The monoisotopic (exact) mass is 866 g/mol. The van der Waals surface area contributed by atoms with Crippen molar-refractivity contribution in [1.29, 1.82) is 0 Å². The van der Waals surface area contributed by atoms with Gasteiger partial charge in [0.15, 0.2) is 17.4 Å². The van der Waals surface area contributed by atoms with E-state index in [9.17, 15) is 0 Å². The van der Waals surface area contributed by atoms with Crippen molar-refractivity contribution in [3.05, 3.63) is 204 Å². The maximum atomic E-state index is 4.97. The van der Waals surface area contributed by atoms with E-state index in [4.69, 9.17) is 4.98 Å². The van der Waals surface area contributed by atoms with Crippen LogP contribution in [0.1, 0.15) is 48.6 Å². The van der Waals surface area contributed by atoms with Crippen molar-refractivity contribution >= 4 is 32.8 Å². The fraction of sp³-hybridized carbons (Fsp3) is 0.125. The smallest absolute Gasteiger partial charge is 0.188 e. The fourth-order valence-electron chi connectivity index (χ4n) is 7.94. The van der Waals surface area contributed by atoms with E-state index in [1.165, 1.54) is 10.9 Å². The van der Waals surface area contributed by atoms with Crippen LogP contribution < -0.4 is 0 Å². The van der Waals surface area contributed by atoms with Gasteiger partial charge in [-0.05, 0) is 57.8 Å². The Morgan fingerprint density at radius 2 is 1.19 bits per heavy atom. The second kappa shape index (κ2) is 13.4. The van der Waals surface area contributed by atoms with E-state index in [0.29, 0.717) is 0 Å². The minimum atomic E-state index is -0.750. The van der Waals surface area contributed by atoms with Gasteiger partial charge in [0.2, 0.25) is 0 Å². The van der Waals surface area contributed by atoms with E-state index >= 15 is 0 Å². The first-order chi connectivity index (χ1) is 25.3. The molecule has 0 amide bonds. The summed E-state index contributed by atoms with van der Waals surface area (Å²) in [7, 11) is 2.09. The van der Waals surface area contributed by atoms with Crippen LogP contribution in [0.5, 0.6) is 0 Å². The van der Waals surface area contributed by atoms with Crippen molar-refractivity contribution in [3.63, 3.8) is 0 Å². The van der Waals surface area contributed by atoms with Gasteiger partial charge in [0, 0.05) is 63.1 Å². The molecule has 4 nitrogen and oxygen atoms in total. The van der Waals surface area contributed by atoms with E-state index in [0.717, 1.165) is 61.2 Å². The summed E-state index contributed by atoms with van der Waals surface area (Å²) in [5, 5.41) is 2.32. The van der Waals surface area contributed by atoms with Crippen LogP contribution in [0.3, 0.4) is 0 Å². The molecule has 3 heterocycles. The molecule has 53 heavy (non-hydrogen) atoms. The first-order valence-corrected chi connectivity index (χ1v) is 17.9. The third-order valence-corrected chi connectivity index (χ3v) is 10.5. The van der Waals surface area contributed by atoms with Gasteiger partial charge in [-0.3, -0.25) is 0 Å². The summed E-state index contributed by atoms with van der Waals surface area (Å²) < 4.78 is 6.69. The molecule has 0 fully saturated rings. The van der Waals surface area contributed by atoms with Crippen LogP contribution >= 0.6 is 0 Å². The Morgan fingerprint density at radius 1 is 0.566 bits per heavy atom. The van der Waals surface area contributed by atoms with Gasteiger partial charge in [-0.1, -0.05) is 111 Å². The van der Waals surface area contributed by atoms with Gasteiger partial charge in [-0.15, -0.1) is 22.6 Å². The molecule has 5 heteroatoms. The van der Waals surface area contributed by atoms with E-state index in [-0.39, 0.29) is 26.5 Å². The Labute approximate surface area is 325 Å². The predicted molar refractivity (Wildman–Crippen MR) is 213 cm³/mol. The maximum absolute atomic E-state index is 4.97. The van der Waals surface area contributed by atoms with Gasteiger partial charge in [-0.2, -0.15) is 30.3 Å². The summed E-state index contributed by atoms with van der Waals surface area (Å²) in [6, 6.07) is 62.2. The third-order valence-electron chi connectivity index (χ3n) is 10.5.